The molecule has 2 heterocycles. The molecule has 5 rings (SSSR count). The number of halogens is 4. The molecule has 1 aliphatic heterocycles. The molecule has 18 heteroatoms. The summed E-state index contributed by atoms with van der Waals surface area (Å²) < 4.78 is 84.5. The molecule has 3 aromatic carbocycles. The first-order chi connectivity index (χ1) is 25.5. The maximum absolute atomic E-state index is 15.6. The Hall–Kier alpha value is -5.65. The number of nitrogens with one attached hydrogen (secondary N) is 2. The molecule has 0 radical (unpaired) electrons. The Bertz CT molecular complexity index is 2120. The number of carbonyl (C=O) groups excluding carboxylic acids is 2. The number of likely N-dealkylation sites (tertiary alicyclic amines) is 1. The lowest BCUT2D eigenvalue weighted by Gasteiger charge is -2.31. The number of alkyl halides is 3. The van der Waals surface area contributed by atoms with Gasteiger partial charge in [-0.2, -0.15) is 13.2 Å². The highest BCUT2D eigenvalue weighted by atomic mass is 32.2. The second kappa shape index (κ2) is 17.5. The summed E-state index contributed by atoms with van der Waals surface area (Å²) in [5.74, 6) is -3.24. The predicted molar refractivity (Wildman–Crippen MR) is 192 cm³/mol. The van der Waals surface area contributed by atoms with Crippen LogP contribution in [0.1, 0.15) is 56.8 Å². The lowest BCUT2D eigenvalue weighted by molar-refractivity contribution is -0.192. The zero-order chi connectivity index (χ0) is 39.8. The number of carboxylic acid groups (broad SMARTS) is 1. The summed E-state index contributed by atoms with van der Waals surface area (Å²) in [6.07, 6.45) is -3.16. The monoisotopic (exact) mass is 777 g/mol. The zero-order valence-electron chi connectivity index (χ0n) is 29.4. The number of rotatable bonds is 11. The number of ether oxygens (including phenoxy) is 2. The molecule has 0 unspecified atom stereocenters. The van der Waals surface area contributed by atoms with Crippen LogP contribution >= 0.6 is 0 Å². The first kappa shape index (κ1) is 41.1. The zero-order valence-corrected chi connectivity index (χ0v) is 30.3. The molecule has 2 atom stereocenters. The minimum atomic E-state index is -5.08. The Balaban J connectivity index is 0.000000845. The fourth-order valence-corrected chi connectivity index (χ4v) is 7.00. The Morgan fingerprint density at radius 1 is 1.02 bits per heavy atom. The van der Waals surface area contributed by atoms with Gasteiger partial charge in [-0.3, -0.25) is 10.1 Å². The van der Waals surface area contributed by atoms with Crippen molar-refractivity contribution in [1.29, 1.82) is 0 Å². The standard InChI is InChI=1S/C34H38FN5O6S.C2HF3O2/c1-4-45-24-11-13-28(35)26(20-24)31(38-22-9-12-25-21(18-22)15-16-37-32(25)36)33(41)40-17-7-8-29(40)27-19-23(39-34(42)46-5-2)10-14-30(27)47(43,44)6-3;3-2(4,5)1(6)7/h9-16,18-20,29,31,38H,4-8,17H2,1-3H3,(H2,36,37)(H,39,42);(H,6,7)/t29-,31+;/m1./s1. The number of anilines is 3. The number of pyridine rings is 1. The number of carbonyl (C=O) groups is 3. The molecule has 0 saturated carbocycles. The summed E-state index contributed by atoms with van der Waals surface area (Å²) in [5, 5.41) is 14.5. The van der Waals surface area contributed by atoms with E-state index < -0.39 is 51.9 Å². The highest BCUT2D eigenvalue weighted by Crippen LogP contribution is 2.40. The third-order valence-electron chi connectivity index (χ3n) is 8.33. The lowest BCUT2D eigenvalue weighted by atomic mass is 10.00. The van der Waals surface area contributed by atoms with Crippen LogP contribution in [0.3, 0.4) is 0 Å². The lowest BCUT2D eigenvalue weighted by Crippen LogP contribution is -2.38. The number of fused-ring (bicyclic) bond motifs is 1. The molecule has 0 spiro atoms. The molecular weight excluding hydrogens is 738 g/mol. The van der Waals surface area contributed by atoms with E-state index in [1.54, 1.807) is 62.2 Å². The van der Waals surface area contributed by atoms with Crippen molar-refractivity contribution in [2.45, 2.75) is 56.8 Å². The highest BCUT2D eigenvalue weighted by Gasteiger charge is 2.39. The van der Waals surface area contributed by atoms with Gasteiger partial charge in [0.15, 0.2) is 9.84 Å². The van der Waals surface area contributed by atoms with E-state index in [1.165, 1.54) is 30.3 Å². The van der Waals surface area contributed by atoms with Crippen LogP contribution in [0.4, 0.5) is 39.5 Å². The van der Waals surface area contributed by atoms with Crippen LogP contribution in [0.15, 0.2) is 71.8 Å². The number of carboxylic acids is 1. The van der Waals surface area contributed by atoms with Gasteiger partial charge in [-0.1, -0.05) is 6.92 Å². The normalized spacial score (nSPS) is 14.8. The van der Waals surface area contributed by atoms with Gasteiger partial charge in [-0.05, 0) is 98.3 Å². The summed E-state index contributed by atoms with van der Waals surface area (Å²) in [6, 6.07) is 14.0. The van der Waals surface area contributed by atoms with Crippen molar-refractivity contribution < 1.29 is 54.9 Å². The van der Waals surface area contributed by atoms with E-state index in [0.717, 1.165) is 10.8 Å². The summed E-state index contributed by atoms with van der Waals surface area (Å²) >= 11 is 0. The minimum absolute atomic E-state index is 0.0638. The molecule has 2 amide bonds. The number of benzene rings is 3. The minimum Gasteiger partial charge on any atom is -0.494 e. The molecule has 1 aromatic heterocycles. The quantitative estimate of drug-likeness (QED) is 0.116. The Morgan fingerprint density at radius 3 is 2.37 bits per heavy atom. The van der Waals surface area contributed by atoms with E-state index in [9.17, 15) is 31.2 Å². The maximum atomic E-state index is 15.6. The van der Waals surface area contributed by atoms with Crippen molar-refractivity contribution in [3.8, 4) is 5.75 Å². The largest absolute Gasteiger partial charge is 0.494 e. The van der Waals surface area contributed by atoms with Gasteiger partial charge in [-0.15, -0.1) is 0 Å². The van der Waals surface area contributed by atoms with Crippen LogP contribution < -0.4 is 21.1 Å². The summed E-state index contributed by atoms with van der Waals surface area (Å²) in [4.78, 5) is 41.5. The van der Waals surface area contributed by atoms with Crippen LogP contribution in [-0.4, -0.2) is 73.1 Å². The van der Waals surface area contributed by atoms with Crippen LogP contribution in [0, 0.1) is 5.82 Å². The highest BCUT2D eigenvalue weighted by molar-refractivity contribution is 7.91. The Morgan fingerprint density at radius 2 is 1.72 bits per heavy atom. The average Bonchev–Trinajstić information content (AvgIpc) is 3.61. The molecule has 4 aromatic rings. The Kier molecular flexibility index (Phi) is 13.3. The molecule has 290 valence electrons. The van der Waals surface area contributed by atoms with Gasteiger partial charge in [-0.25, -0.2) is 27.4 Å². The number of aromatic nitrogens is 1. The Labute approximate surface area is 308 Å². The number of aliphatic carboxylic acids is 1. The van der Waals surface area contributed by atoms with Crippen molar-refractivity contribution in [2.75, 3.05) is 41.9 Å². The molecule has 0 aliphatic carbocycles. The van der Waals surface area contributed by atoms with Crippen molar-refractivity contribution in [2.24, 2.45) is 0 Å². The number of hydrogen-bond donors (Lipinski definition) is 4. The van der Waals surface area contributed by atoms with Crippen LogP contribution in [0.5, 0.6) is 5.75 Å². The van der Waals surface area contributed by atoms with Crippen LogP contribution in [0.25, 0.3) is 10.8 Å². The number of nitrogen functional groups attached to an aromatic ring is 1. The SMILES string of the molecule is CCOC(=O)Nc1ccc(S(=O)(=O)CC)c([C@H]2CCCN2C(=O)[C@@H](Nc2ccc3c(N)nccc3c2)c2cc(OCC)ccc2F)c1.O=C(O)C(F)(F)F. The van der Waals surface area contributed by atoms with Gasteiger partial charge < -0.3 is 30.5 Å². The molecular formula is C36H39F4N5O8S. The van der Waals surface area contributed by atoms with E-state index in [1.807, 2.05) is 0 Å². The number of sulfone groups is 1. The molecule has 54 heavy (non-hydrogen) atoms. The first-order valence-electron chi connectivity index (χ1n) is 16.7. The summed E-state index contributed by atoms with van der Waals surface area (Å²) in [5.41, 5.74) is 7.33. The van der Waals surface area contributed by atoms with Crippen molar-refractivity contribution >= 4 is 55.8 Å². The average molecular weight is 778 g/mol. The van der Waals surface area contributed by atoms with E-state index in [-0.39, 0.29) is 22.8 Å². The van der Waals surface area contributed by atoms with E-state index in [2.05, 4.69) is 15.6 Å². The molecule has 0 bridgehead atoms. The van der Waals surface area contributed by atoms with Crippen molar-refractivity contribution in [3.63, 3.8) is 0 Å². The van der Waals surface area contributed by atoms with Crippen LogP contribution in [0.2, 0.25) is 0 Å². The molecule has 13 nitrogen and oxygen atoms in total. The first-order valence-corrected chi connectivity index (χ1v) is 18.4. The van der Waals surface area contributed by atoms with Crippen LogP contribution in [-0.2, 0) is 24.2 Å². The third-order valence-corrected chi connectivity index (χ3v) is 10.1. The van der Waals surface area contributed by atoms with Gasteiger partial charge in [0.05, 0.1) is 29.9 Å². The fraction of sp³-hybridized carbons (Fsp3) is 0.333. The fourth-order valence-electron chi connectivity index (χ4n) is 5.86. The molecule has 1 saturated heterocycles. The number of amides is 2. The van der Waals surface area contributed by atoms with Crippen molar-refractivity contribution in [1.82, 2.24) is 9.88 Å². The van der Waals surface area contributed by atoms with E-state index >= 15 is 4.39 Å². The second-order valence-electron chi connectivity index (χ2n) is 11.8. The third kappa shape index (κ3) is 9.85. The smallest absolute Gasteiger partial charge is 0.490 e. The van der Waals surface area contributed by atoms with Gasteiger partial charge in [0.2, 0.25) is 5.91 Å². The predicted octanol–water partition coefficient (Wildman–Crippen LogP) is 6.87. The van der Waals surface area contributed by atoms with Gasteiger partial charge in [0.1, 0.15) is 23.4 Å². The summed E-state index contributed by atoms with van der Waals surface area (Å²) in [7, 11) is -3.72. The number of nitrogens with zero attached hydrogens (tertiary/aromatic N) is 2. The maximum Gasteiger partial charge on any atom is 0.490 e. The summed E-state index contributed by atoms with van der Waals surface area (Å²) in [6.45, 7) is 5.82. The molecule has 5 N–H and O–H groups in total. The van der Waals surface area contributed by atoms with Gasteiger partial charge in [0, 0.05) is 35.1 Å². The van der Waals surface area contributed by atoms with Gasteiger partial charge in [0.25, 0.3) is 0 Å². The van der Waals surface area contributed by atoms with E-state index in [4.69, 9.17) is 25.1 Å². The molecule has 1 fully saturated rings. The second-order valence-corrected chi connectivity index (χ2v) is 14.1. The van der Waals surface area contributed by atoms with E-state index in [0.29, 0.717) is 54.5 Å². The van der Waals surface area contributed by atoms with Gasteiger partial charge >= 0.3 is 18.2 Å². The topological polar surface area (TPSA) is 190 Å². The number of nitrogens with two attached hydrogens (primary N) is 1. The molecule has 1 aliphatic rings. The van der Waals surface area contributed by atoms with Crippen molar-refractivity contribution in [3.05, 3.63) is 83.8 Å². The number of hydrogen-bond acceptors (Lipinski definition) is 10.